The minimum Gasteiger partial charge on any atom is -0.326 e. The van der Waals surface area contributed by atoms with Crippen LogP contribution in [-0.2, 0) is 6.54 Å². The Balaban J connectivity index is 2.22. The number of amides is 1. The fourth-order valence-electron chi connectivity index (χ4n) is 1.61. The molecule has 0 aliphatic carbocycles. The van der Waals surface area contributed by atoms with E-state index in [4.69, 9.17) is 5.73 Å². The Hall–Kier alpha value is -1.72. The van der Waals surface area contributed by atoms with Crippen molar-refractivity contribution in [3.63, 3.8) is 0 Å². The zero-order valence-corrected chi connectivity index (χ0v) is 11.2. The van der Waals surface area contributed by atoms with E-state index in [1.165, 1.54) is 11.3 Å². The van der Waals surface area contributed by atoms with E-state index in [1.54, 1.807) is 6.07 Å². The average Bonchev–Trinajstić information content (AvgIpc) is 2.68. The van der Waals surface area contributed by atoms with Crippen LogP contribution in [0.1, 0.15) is 26.5 Å². The normalized spacial score (nSPS) is 10.4. The van der Waals surface area contributed by atoms with Crippen LogP contribution in [0.15, 0.2) is 24.3 Å². The molecule has 2 rings (SSSR count). The van der Waals surface area contributed by atoms with Gasteiger partial charge in [-0.15, -0.1) is 11.3 Å². The highest BCUT2D eigenvalue weighted by Gasteiger charge is 2.12. The zero-order valence-electron chi connectivity index (χ0n) is 10.4. The second-order valence-corrected chi connectivity index (χ2v) is 5.18. The van der Waals surface area contributed by atoms with Crippen LogP contribution in [-0.4, -0.2) is 10.9 Å². The number of nitrogens with two attached hydrogens (primary N) is 1. The maximum absolute atomic E-state index is 12.1. The number of nitrogens with one attached hydrogen (secondary N) is 1. The van der Waals surface area contributed by atoms with Gasteiger partial charge in [-0.2, -0.15) is 0 Å². The topological polar surface area (TPSA) is 68.0 Å². The smallest absolute Gasteiger partial charge is 0.257 e. The van der Waals surface area contributed by atoms with Crippen molar-refractivity contribution in [1.82, 2.24) is 4.98 Å². The Morgan fingerprint density at radius 3 is 2.72 bits per heavy atom. The second-order valence-electron chi connectivity index (χ2n) is 3.98. The maximum atomic E-state index is 12.1. The third kappa shape index (κ3) is 2.57. The van der Waals surface area contributed by atoms with Crippen LogP contribution in [0.2, 0.25) is 0 Å². The molecule has 0 aliphatic rings. The standard InChI is InChI=1S/C13H15N3OS/c1-8-9(2)18-13(15-8)16-12(17)11-6-4-3-5-10(11)7-14/h3-6H,7,14H2,1-2H3,(H,15,16,17). The number of benzene rings is 1. The number of hydrogen-bond donors (Lipinski definition) is 2. The van der Waals surface area contributed by atoms with Crippen molar-refractivity contribution in [2.24, 2.45) is 5.73 Å². The van der Waals surface area contributed by atoms with Gasteiger partial charge in [-0.1, -0.05) is 18.2 Å². The molecule has 1 amide bonds. The molecule has 18 heavy (non-hydrogen) atoms. The molecule has 1 aromatic heterocycles. The van der Waals surface area contributed by atoms with Crippen LogP contribution < -0.4 is 11.1 Å². The van der Waals surface area contributed by atoms with Crippen LogP contribution >= 0.6 is 11.3 Å². The van der Waals surface area contributed by atoms with Crippen LogP contribution in [0.5, 0.6) is 0 Å². The van der Waals surface area contributed by atoms with Gasteiger partial charge in [-0.25, -0.2) is 4.98 Å². The van der Waals surface area contributed by atoms with E-state index in [2.05, 4.69) is 10.3 Å². The largest absolute Gasteiger partial charge is 0.326 e. The fourth-order valence-corrected chi connectivity index (χ4v) is 2.42. The minimum atomic E-state index is -0.162. The quantitative estimate of drug-likeness (QED) is 0.891. The second kappa shape index (κ2) is 5.29. The van der Waals surface area contributed by atoms with E-state index in [1.807, 2.05) is 32.0 Å². The van der Waals surface area contributed by atoms with Crippen LogP contribution in [0.4, 0.5) is 5.13 Å². The van der Waals surface area contributed by atoms with E-state index in [0.29, 0.717) is 17.2 Å². The summed E-state index contributed by atoms with van der Waals surface area (Å²) in [5, 5.41) is 3.43. The van der Waals surface area contributed by atoms with Gasteiger partial charge in [-0.3, -0.25) is 10.1 Å². The highest BCUT2D eigenvalue weighted by atomic mass is 32.1. The first-order valence-electron chi connectivity index (χ1n) is 5.65. The maximum Gasteiger partial charge on any atom is 0.257 e. The van der Waals surface area contributed by atoms with E-state index >= 15 is 0 Å². The Labute approximate surface area is 110 Å². The van der Waals surface area contributed by atoms with Crippen molar-refractivity contribution < 1.29 is 4.79 Å². The van der Waals surface area contributed by atoms with Crippen LogP contribution in [0, 0.1) is 13.8 Å². The van der Waals surface area contributed by atoms with Gasteiger partial charge in [0.15, 0.2) is 5.13 Å². The molecule has 0 aliphatic heterocycles. The molecule has 1 heterocycles. The van der Waals surface area contributed by atoms with Crippen molar-refractivity contribution in [2.75, 3.05) is 5.32 Å². The molecule has 4 nitrogen and oxygen atoms in total. The molecule has 0 radical (unpaired) electrons. The van der Waals surface area contributed by atoms with Crippen molar-refractivity contribution >= 4 is 22.4 Å². The van der Waals surface area contributed by atoms with E-state index < -0.39 is 0 Å². The summed E-state index contributed by atoms with van der Waals surface area (Å²) in [6.07, 6.45) is 0. The van der Waals surface area contributed by atoms with E-state index in [-0.39, 0.29) is 5.91 Å². The molecule has 0 saturated carbocycles. The summed E-state index contributed by atoms with van der Waals surface area (Å²) in [5.41, 5.74) is 8.00. The highest BCUT2D eigenvalue weighted by molar-refractivity contribution is 7.15. The lowest BCUT2D eigenvalue weighted by atomic mass is 10.1. The SMILES string of the molecule is Cc1nc(NC(=O)c2ccccc2CN)sc1C. The Morgan fingerprint density at radius 2 is 2.11 bits per heavy atom. The van der Waals surface area contributed by atoms with Crippen LogP contribution in [0.3, 0.4) is 0 Å². The molecule has 5 heteroatoms. The molecule has 94 valence electrons. The van der Waals surface area contributed by atoms with Gasteiger partial charge < -0.3 is 5.73 Å². The molecule has 0 spiro atoms. The highest BCUT2D eigenvalue weighted by Crippen LogP contribution is 2.22. The molecule has 0 bridgehead atoms. The molecule has 2 aromatic rings. The van der Waals surface area contributed by atoms with E-state index in [9.17, 15) is 4.79 Å². The predicted molar refractivity (Wildman–Crippen MR) is 73.9 cm³/mol. The van der Waals surface area contributed by atoms with E-state index in [0.717, 1.165) is 16.1 Å². The van der Waals surface area contributed by atoms with Gasteiger partial charge in [0.1, 0.15) is 0 Å². The molecular formula is C13H15N3OS. The first kappa shape index (κ1) is 12.7. The predicted octanol–water partition coefficient (Wildman–Crippen LogP) is 2.47. The number of rotatable bonds is 3. The van der Waals surface area contributed by atoms with Crippen molar-refractivity contribution in [1.29, 1.82) is 0 Å². The monoisotopic (exact) mass is 261 g/mol. The summed E-state index contributed by atoms with van der Waals surface area (Å²) >= 11 is 1.48. The minimum absolute atomic E-state index is 0.162. The van der Waals surface area contributed by atoms with Crippen molar-refractivity contribution in [3.8, 4) is 0 Å². The summed E-state index contributed by atoms with van der Waals surface area (Å²) in [5.74, 6) is -0.162. The number of carbonyl (C=O) groups is 1. The summed E-state index contributed by atoms with van der Waals surface area (Å²) in [6, 6.07) is 7.32. The fraction of sp³-hybridized carbons (Fsp3) is 0.231. The van der Waals surface area contributed by atoms with Crippen molar-refractivity contribution in [3.05, 3.63) is 46.0 Å². The molecule has 1 aromatic carbocycles. The number of anilines is 1. The molecule has 0 unspecified atom stereocenters. The number of thiazole rings is 1. The summed E-state index contributed by atoms with van der Waals surface area (Å²) < 4.78 is 0. The Bertz CT molecular complexity index is 558. The van der Waals surface area contributed by atoms with Crippen LogP contribution in [0.25, 0.3) is 0 Å². The van der Waals surface area contributed by atoms with Crippen molar-refractivity contribution in [2.45, 2.75) is 20.4 Å². The lowest BCUT2D eigenvalue weighted by molar-refractivity contribution is 0.102. The number of aryl methyl sites for hydroxylation is 2. The number of nitrogens with zero attached hydrogens (tertiary/aromatic N) is 1. The number of carbonyl (C=O) groups excluding carboxylic acids is 1. The molecule has 0 fully saturated rings. The first-order valence-corrected chi connectivity index (χ1v) is 6.47. The van der Waals surface area contributed by atoms with Gasteiger partial charge in [0.05, 0.1) is 5.69 Å². The van der Waals surface area contributed by atoms with Gasteiger partial charge >= 0.3 is 0 Å². The lowest BCUT2D eigenvalue weighted by Gasteiger charge is -2.06. The molecule has 0 atom stereocenters. The summed E-state index contributed by atoms with van der Waals surface area (Å²) in [4.78, 5) is 17.5. The summed E-state index contributed by atoms with van der Waals surface area (Å²) in [7, 11) is 0. The third-order valence-electron chi connectivity index (χ3n) is 2.73. The first-order chi connectivity index (χ1) is 8.61. The molecule has 3 N–H and O–H groups in total. The van der Waals surface area contributed by atoms with Gasteiger partial charge in [0.25, 0.3) is 5.91 Å². The zero-order chi connectivity index (χ0) is 13.1. The third-order valence-corrected chi connectivity index (χ3v) is 3.72. The Kier molecular flexibility index (Phi) is 3.74. The van der Waals surface area contributed by atoms with Gasteiger partial charge in [0.2, 0.25) is 0 Å². The lowest BCUT2D eigenvalue weighted by Crippen LogP contribution is -2.15. The summed E-state index contributed by atoms with van der Waals surface area (Å²) in [6.45, 7) is 4.26. The number of hydrogen-bond acceptors (Lipinski definition) is 4. The molecular weight excluding hydrogens is 246 g/mol. The molecule has 0 saturated heterocycles. The van der Waals surface area contributed by atoms with Gasteiger partial charge in [0, 0.05) is 17.0 Å². The average molecular weight is 261 g/mol. The number of aromatic nitrogens is 1. The Morgan fingerprint density at radius 1 is 1.39 bits per heavy atom. The van der Waals surface area contributed by atoms with Gasteiger partial charge in [-0.05, 0) is 25.5 Å².